The molecule has 2 saturated heterocycles. The van der Waals surface area contributed by atoms with E-state index >= 15 is 0 Å². The van der Waals surface area contributed by atoms with Gasteiger partial charge in [-0.1, -0.05) is 12.1 Å². The number of carbonyl (C=O) groups is 1. The molecule has 2 aromatic carbocycles. The van der Waals surface area contributed by atoms with Gasteiger partial charge in [0.2, 0.25) is 10.0 Å². The van der Waals surface area contributed by atoms with Crippen molar-refractivity contribution < 1.29 is 31.8 Å². The highest BCUT2D eigenvalue weighted by Crippen LogP contribution is 2.31. The predicted octanol–water partition coefficient (Wildman–Crippen LogP) is 1.70. The lowest BCUT2D eigenvalue weighted by atomic mass is 10.2. The van der Waals surface area contributed by atoms with Gasteiger partial charge in [0.25, 0.3) is 5.91 Å². The molecule has 9 nitrogen and oxygen atoms in total. The number of carbonyl (C=O) groups excluding carboxylic acids is 1. The van der Waals surface area contributed by atoms with Gasteiger partial charge < -0.3 is 24.4 Å². The van der Waals surface area contributed by atoms with Crippen molar-refractivity contribution in [2.45, 2.75) is 4.90 Å². The predicted molar refractivity (Wildman–Crippen MR) is 120 cm³/mol. The first-order valence-electron chi connectivity index (χ1n) is 10.7. The van der Waals surface area contributed by atoms with Crippen molar-refractivity contribution >= 4 is 27.3 Å². The van der Waals surface area contributed by atoms with Crippen LogP contribution in [0.3, 0.4) is 0 Å². The zero-order chi connectivity index (χ0) is 23.3. The molecule has 0 unspecified atom stereocenters. The summed E-state index contributed by atoms with van der Waals surface area (Å²) < 4.78 is 57.3. The highest BCUT2D eigenvalue weighted by Gasteiger charge is 2.28. The normalized spacial score (nSPS) is 17.5. The Morgan fingerprint density at radius 1 is 1.00 bits per heavy atom. The van der Waals surface area contributed by atoms with Crippen LogP contribution in [-0.2, 0) is 24.3 Å². The quantitative estimate of drug-likeness (QED) is 0.646. The van der Waals surface area contributed by atoms with E-state index in [1.807, 2.05) is 4.90 Å². The third kappa shape index (κ3) is 5.61. The van der Waals surface area contributed by atoms with Gasteiger partial charge in [-0.3, -0.25) is 4.79 Å². The number of sulfonamides is 1. The highest BCUT2D eigenvalue weighted by atomic mass is 32.2. The molecule has 0 aliphatic carbocycles. The van der Waals surface area contributed by atoms with E-state index in [-0.39, 0.29) is 23.7 Å². The van der Waals surface area contributed by atoms with Gasteiger partial charge in [-0.05, 0) is 30.3 Å². The van der Waals surface area contributed by atoms with Crippen molar-refractivity contribution in [2.75, 3.05) is 69.4 Å². The first-order chi connectivity index (χ1) is 15.9. The molecule has 1 N–H and O–H groups in total. The summed E-state index contributed by atoms with van der Waals surface area (Å²) in [5.74, 6) is -1.14. The Kier molecular flexibility index (Phi) is 7.43. The van der Waals surface area contributed by atoms with Crippen molar-refractivity contribution in [2.24, 2.45) is 0 Å². The van der Waals surface area contributed by atoms with Crippen molar-refractivity contribution in [3.63, 3.8) is 0 Å². The molecule has 0 atom stereocenters. The van der Waals surface area contributed by atoms with Gasteiger partial charge in [0.05, 0.1) is 42.7 Å². The van der Waals surface area contributed by atoms with Crippen LogP contribution >= 0.6 is 0 Å². The van der Waals surface area contributed by atoms with E-state index in [0.717, 1.165) is 0 Å². The Balaban J connectivity index is 1.56. The van der Waals surface area contributed by atoms with Crippen LogP contribution in [0.15, 0.2) is 47.4 Å². The van der Waals surface area contributed by atoms with Crippen LogP contribution in [0.25, 0.3) is 0 Å². The maximum Gasteiger partial charge on any atom is 0.262 e. The molecule has 0 radical (unpaired) electrons. The standard InChI is InChI=1S/C22H26FN3O6S/c23-18-3-1-2-4-21(18)32-16-22(27)24-19-15-17(33(28,29)26-9-13-31-14-10-26)5-6-20(19)25-7-11-30-12-8-25/h1-6,15H,7-14,16H2,(H,24,27). The van der Waals surface area contributed by atoms with Crippen LogP contribution in [0.2, 0.25) is 0 Å². The summed E-state index contributed by atoms with van der Waals surface area (Å²) in [6, 6.07) is 10.5. The monoisotopic (exact) mass is 479 g/mol. The van der Waals surface area contributed by atoms with Gasteiger partial charge in [-0.15, -0.1) is 0 Å². The van der Waals surface area contributed by atoms with E-state index in [2.05, 4.69) is 5.32 Å². The summed E-state index contributed by atoms with van der Waals surface area (Å²) in [6.07, 6.45) is 0. The number of rotatable bonds is 7. The zero-order valence-corrected chi connectivity index (χ0v) is 18.9. The van der Waals surface area contributed by atoms with Crippen LogP contribution in [0.5, 0.6) is 5.75 Å². The number of anilines is 2. The van der Waals surface area contributed by atoms with E-state index in [1.54, 1.807) is 18.2 Å². The maximum atomic E-state index is 13.8. The Morgan fingerprint density at radius 2 is 1.67 bits per heavy atom. The molecule has 2 aromatic rings. The largest absolute Gasteiger partial charge is 0.481 e. The van der Waals surface area contributed by atoms with E-state index in [1.165, 1.54) is 28.6 Å². The topological polar surface area (TPSA) is 97.4 Å². The van der Waals surface area contributed by atoms with E-state index in [9.17, 15) is 17.6 Å². The fraction of sp³-hybridized carbons (Fsp3) is 0.409. The third-order valence-corrected chi connectivity index (χ3v) is 7.29. The molecule has 33 heavy (non-hydrogen) atoms. The molecule has 2 heterocycles. The maximum absolute atomic E-state index is 13.8. The number of halogens is 1. The second kappa shape index (κ2) is 10.5. The van der Waals surface area contributed by atoms with Gasteiger partial charge >= 0.3 is 0 Å². The molecule has 2 fully saturated rings. The zero-order valence-electron chi connectivity index (χ0n) is 18.0. The molecule has 178 valence electrons. The van der Waals surface area contributed by atoms with Gasteiger partial charge in [0.1, 0.15) is 0 Å². The minimum Gasteiger partial charge on any atom is -0.481 e. The lowest BCUT2D eigenvalue weighted by Crippen LogP contribution is -2.40. The summed E-state index contributed by atoms with van der Waals surface area (Å²) in [7, 11) is -3.75. The molecule has 0 spiro atoms. The van der Waals surface area contributed by atoms with Crippen LogP contribution in [0, 0.1) is 5.82 Å². The number of morpholine rings is 2. The Hall–Kier alpha value is -2.73. The van der Waals surface area contributed by atoms with E-state index < -0.39 is 28.4 Å². The van der Waals surface area contributed by atoms with Crippen molar-refractivity contribution in [3.05, 3.63) is 48.3 Å². The van der Waals surface area contributed by atoms with Crippen molar-refractivity contribution in [1.29, 1.82) is 0 Å². The van der Waals surface area contributed by atoms with E-state index in [4.69, 9.17) is 14.2 Å². The number of para-hydroxylation sites is 1. The van der Waals surface area contributed by atoms with Gasteiger partial charge in [0, 0.05) is 26.2 Å². The van der Waals surface area contributed by atoms with Gasteiger partial charge in [-0.2, -0.15) is 4.31 Å². The second-order valence-corrected chi connectivity index (χ2v) is 9.50. The SMILES string of the molecule is O=C(COc1ccccc1F)Nc1cc(S(=O)(=O)N2CCOCC2)ccc1N1CCOCC1. The third-order valence-electron chi connectivity index (χ3n) is 5.40. The van der Waals surface area contributed by atoms with Crippen LogP contribution in [0.4, 0.5) is 15.8 Å². The van der Waals surface area contributed by atoms with Gasteiger partial charge in [-0.25, -0.2) is 12.8 Å². The smallest absolute Gasteiger partial charge is 0.262 e. The molecular formula is C22H26FN3O6S. The summed E-state index contributed by atoms with van der Waals surface area (Å²) in [4.78, 5) is 14.7. The van der Waals surface area contributed by atoms with Crippen LogP contribution < -0.4 is 15.0 Å². The summed E-state index contributed by atoms with van der Waals surface area (Å²) in [5.41, 5.74) is 1.02. The summed E-state index contributed by atoms with van der Waals surface area (Å²) in [6.45, 7) is 3.04. The number of ether oxygens (including phenoxy) is 3. The van der Waals surface area contributed by atoms with Crippen LogP contribution in [0.1, 0.15) is 0 Å². The summed E-state index contributed by atoms with van der Waals surface area (Å²) in [5, 5.41) is 2.74. The minimum atomic E-state index is -3.75. The number of hydrogen-bond acceptors (Lipinski definition) is 7. The second-order valence-electron chi connectivity index (χ2n) is 7.56. The number of hydrogen-bond donors (Lipinski definition) is 1. The van der Waals surface area contributed by atoms with Crippen molar-refractivity contribution in [1.82, 2.24) is 4.31 Å². The fourth-order valence-corrected chi connectivity index (χ4v) is 5.12. The lowest BCUT2D eigenvalue weighted by molar-refractivity contribution is -0.118. The number of amides is 1. The molecule has 0 aromatic heterocycles. The molecule has 2 aliphatic heterocycles. The van der Waals surface area contributed by atoms with Crippen LogP contribution in [-0.4, -0.2) is 77.8 Å². The minimum absolute atomic E-state index is 0.0373. The summed E-state index contributed by atoms with van der Waals surface area (Å²) >= 11 is 0. The van der Waals surface area contributed by atoms with E-state index in [0.29, 0.717) is 50.9 Å². The highest BCUT2D eigenvalue weighted by molar-refractivity contribution is 7.89. The molecule has 1 amide bonds. The van der Waals surface area contributed by atoms with Gasteiger partial charge in [0.15, 0.2) is 18.2 Å². The lowest BCUT2D eigenvalue weighted by Gasteiger charge is -2.31. The van der Waals surface area contributed by atoms with Crippen molar-refractivity contribution in [3.8, 4) is 5.75 Å². The Bertz CT molecular complexity index is 1090. The number of nitrogens with zero attached hydrogens (tertiary/aromatic N) is 2. The first-order valence-corrected chi connectivity index (χ1v) is 12.1. The fourth-order valence-electron chi connectivity index (χ4n) is 3.68. The average Bonchev–Trinajstić information content (AvgIpc) is 2.84. The molecule has 0 saturated carbocycles. The first kappa shape index (κ1) is 23.4. The Morgan fingerprint density at radius 3 is 2.36 bits per heavy atom. The molecule has 11 heteroatoms. The molecule has 2 aliphatic rings. The number of nitrogens with one attached hydrogen (secondary N) is 1. The molecule has 4 rings (SSSR count). The number of benzene rings is 2. The molecular weight excluding hydrogens is 453 g/mol. The Labute approximate surface area is 192 Å². The molecule has 0 bridgehead atoms. The average molecular weight is 480 g/mol.